The lowest BCUT2D eigenvalue weighted by Gasteiger charge is -2.43. The number of allylic oxidation sites excluding steroid dienone is 6. The molecule has 1 heterocycles. The molecule has 0 spiro atoms. The number of amides is 1. The minimum absolute atomic E-state index is 0. The molecule has 212 valence electrons. The molecule has 1 amide bonds. The Kier molecular flexibility index (Phi) is 15.9. The van der Waals surface area contributed by atoms with E-state index in [1.807, 2.05) is 13.8 Å². The number of aliphatic hydroxyl groups is 1. The van der Waals surface area contributed by atoms with Gasteiger partial charge >= 0.3 is 18.4 Å². The van der Waals surface area contributed by atoms with Crippen LogP contribution in [0.25, 0.3) is 0 Å². The summed E-state index contributed by atoms with van der Waals surface area (Å²) in [5.74, 6) is -0.513. The molecule has 1 unspecified atom stereocenters. The van der Waals surface area contributed by atoms with Crippen LogP contribution < -0.4 is 0 Å². The Morgan fingerprint density at radius 2 is 1.49 bits per heavy atom. The van der Waals surface area contributed by atoms with Crippen LogP contribution in [0.1, 0.15) is 48.0 Å². The van der Waals surface area contributed by atoms with E-state index < -0.39 is 36.1 Å². The van der Waals surface area contributed by atoms with Gasteiger partial charge in [0.1, 0.15) is 5.60 Å². The van der Waals surface area contributed by atoms with Gasteiger partial charge < -0.3 is 14.7 Å². The van der Waals surface area contributed by atoms with E-state index in [1.165, 1.54) is 12.2 Å². The van der Waals surface area contributed by atoms with Crippen molar-refractivity contribution < 1.29 is 41.0 Å². The SMILES string of the molecule is C.C=C/C=C\C(=C/C)C(O)(C(/C=C\C)=C/C=C)C1CCN(C(=O)OC(C(F)(F)F)C(F)(F)F)CC1.CC. The molecule has 0 aromatic heterocycles. The summed E-state index contributed by atoms with van der Waals surface area (Å²) in [5, 5.41) is 11.9. The van der Waals surface area contributed by atoms with Crippen molar-refractivity contribution in [2.24, 2.45) is 5.92 Å². The summed E-state index contributed by atoms with van der Waals surface area (Å²) >= 11 is 0. The number of likely N-dealkylation sites (tertiary alicyclic amines) is 1. The monoisotopic (exact) mass is 539 g/mol. The molecule has 0 radical (unpaired) electrons. The molecule has 1 aliphatic rings. The number of rotatable bonds is 8. The Balaban J connectivity index is 0. The molecule has 0 bridgehead atoms. The zero-order chi connectivity index (χ0) is 28.2. The first-order chi connectivity index (χ1) is 16.8. The predicted octanol–water partition coefficient (Wildman–Crippen LogP) is 8.10. The molecule has 1 aliphatic heterocycles. The van der Waals surface area contributed by atoms with E-state index in [1.54, 1.807) is 50.3 Å². The summed E-state index contributed by atoms with van der Waals surface area (Å²) in [6, 6.07) is 0. The van der Waals surface area contributed by atoms with Gasteiger partial charge in [-0.1, -0.05) is 83.0 Å². The summed E-state index contributed by atoms with van der Waals surface area (Å²) in [5.41, 5.74) is -0.568. The third-order valence-electron chi connectivity index (χ3n) is 5.40. The van der Waals surface area contributed by atoms with Gasteiger partial charge in [0, 0.05) is 13.1 Å². The maximum Gasteiger partial charge on any atom is 0.434 e. The van der Waals surface area contributed by atoms with Crippen molar-refractivity contribution in [3.05, 3.63) is 72.9 Å². The van der Waals surface area contributed by atoms with E-state index in [9.17, 15) is 36.2 Å². The third kappa shape index (κ3) is 9.91. The predicted molar refractivity (Wildman–Crippen MR) is 136 cm³/mol. The summed E-state index contributed by atoms with van der Waals surface area (Å²) in [7, 11) is 0. The number of hydrogen-bond acceptors (Lipinski definition) is 3. The largest absolute Gasteiger partial charge is 0.434 e. The van der Waals surface area contributed by atoms with Crippen molar-refractivity contribution in [3.8, 4) is 0 Å². The molecule has 1 rings (SSSR count). The lowest BCUT2D eigenvalue weighted by Crippen LogP contribution is -2.51. The summed E-state index contributed by atoms with van der Waals surface area (Å²) in [6.45, 7) is 14.3. The highest BCUT2D eigenvalue weighted by molar-refractivity contribution is 5.68. The molecule has 1 atom stereocenters. The van der Waals surface area contributed by atoms with Gasteiger partial charge in [-0.3, -0.25) is 0 Å². The van der Waals surface area contributed by atoms with Gasteiger partial charge in [-0.05, 0) is 43.8 Å². The van der Waals surface area contributed by atoms with Gasteiger partial charge in [-0.15, -0.1) is 0 Å². The minimum Gasteiger partial charge on any atom is -0.426 e. The quantitative estimate of drug-likeness (QED) is 0.250. The molecule has 0 aromatic carbocycles. The van der Waals surface area contributed by atoms with Crippen LogP contribution in [-0.4, -0.2) is 53.2 Å². The molecular weight excluding hydrogens is 500 g/mol. The second-order valence-electron chi connectivity index (χ2n) is 7.57. The average molecular weight is 540 g/mol. The Morgan fingerprint density at radius 1 is 0.973 bits per heavy atom. The Morgan fingerprint density at radius 3 is 1.86 bits per heavy atom. The zero-order valence-corrected chi connectivity index (χ0v) is 21.0. The highest BCUT2D eigenvalue weighted by atomic mass is 19.4. The van der Waals surface area contributed by atoms with Crippen LogP contribution in [-0.2, 0) is 4.74 Å². The van der Waals surface area contributed by atoms with E-state index in [0.29, 0.717) is 11.1 Å². The molecule has 0 saturated carbocycles. The second kappa shape index (κ2) is 16.2. The van der Waals surface area contributed by atoms with Crippen molar-refractivity contribution in [2.45, 2.75) is 72.0 Å². The van der Waals surface area contributed by atoms with Crippen LogP contribution in [0.4, 0.5) is 31.1 Å². The summed E-state index contributed by atoms with van der Waals surface area (Å²) < 4.78 is 80.2. The van der Waals surface area contributed by atoms with Crippen LogP contribution in [0.3, 0.4) is 0 Å². The fourth-order valence-electron chi connectivity index (χ4n) is 3.84. The molecule has 0 aliphatic carbocycles. The van der Waals surface area contributed by atoms with E-state index in [2.05, 4.69) is 17.9 Å². The normalized spacial score (nSPS) is 17.7. The summed E-state index contributed by atoms with van der Waals surface area (Å²) in [4.78, 5) is 12.9. The number of carbonyl (C=O) groups is 1. The van der Waals surface area contributed by atoms with E-state index in [4.69, 9.17) is 0 Å². The molecule has 4 nitrogen and oxygen atoms in total. The lowest BCUT2D eigenvalue weighted by molar-refractivity contribution is -0.308. The fourth-order valence-corrected chi connectivity index (χ4v) is 3.84. The third-order valence-corrected chi connectivity index (χ3v) is 5.40. The fraction of sp³-hybridized carbons (Fsp3) is 0.519. The number of alkyl halides is 6. The highest BCUT2D eigenvalue weighted by Gasteiger charge is 2.60. The van der Waals surface area contributed by atoms with Crippen LogP contribution in [0.15, 0.2) is 72.9 Å². The Hall–Kier alpha value is -2.75. The van der Waals surface area contributed by atoms with E-state index in [0.717, 1.165) is 4.90 Å². The van der Waals surface area contributed by atoms with Crippen molar-refractivity contribution in [2.75, 3.05) is 13.1 Å². The van der Waals surface area contributed by atoms with E-state index in [-0.39, 0.29) is 33.4 Å². The standard InChI is InChI=1S/C24H29F6NO3.C2H6.CH4/c1-5-9-12-17(8-4)22(33,18(10-6-2)11-7-3)19-13-15-31(16-14-19)21(32)34-20(23(25,26)27)24(28,29)30;1-2;/h5-12,19-20,33H,1-2,13-16H2,3-4H3;1-2H3;1H4/b11-7-,12-9-,17-8+,18-10+;;. The lowest BCUT2D eigenvalue weighted by atomic mass is 9.70. The molecule has 0 aromatic rings. The van der Waals surface area contributed by atoms with Crippen LogP contribution >= 0.6 is 0 Å². The van der Waals surface area contributed by atoms with Gasteiger partial charge in [0.15, 0.2) is 0 Å². The van der Waals surface area contributed by atoms with Crippen LogP contribution in [0, 0.1) is 5.92 Å². The first-order valence-electron chi connectivity index (χ1n) is 11.5. The second-order valence-corrected chi connectivity index (χ2v) is 7.57. The molecule has 1 fully saturated rings. The zero-order valence-electron chi connectivity index (χ0n) is 21.0. The minimum atomic E-state index is -5.79. The first kappa shape index (κ1) is 36.4. The topological polar surface area (TPSA) is 49.8 Å². The maximum absolute atomic E-state index is 12.7. The number of halogens is 6. The summed E-state index contributed by atoms with van der Waals surface area (Å²) in [6.07, 6.45) is -4.31. The van der Waals surface area contributed by atoms with Crippen molar-refractivity contribution >= 4 is 6.09 Å². The van der Waals surface area contributed by atoms with Gasteiger partial charge in [-0.2, -0.15) is 26.3 Å². The number of piperidine rings is 1. The van der Waals surface area contributed by atoms with Crippen LogP contribution in [0.5, 0.6) is 0 Å². The van der Waals surface area contributed by atoms with E-state index >= 15 is 0 Å². The number of carbonyl (C=O) groups excluding carboxylic acids is 1. The molecular formula is C27H39F6NO3. The van der Waals surface area contributed by atoms with Crippen LogP contribution in [0.2, 0.25) is 0 Å². The van der Waals surface area contributed by atoms with Gasteiger partial charge in [0.25, 0.3) is 6.10 Å². The van der Waals surface area contributed by atoms with Crippen molar-refractivity contribution in [1.82, 2.24) is 4.90 Å². The number of nitrogens with zero attached hydrogens (tertiary/aromatic N) is 1. The molecule has 37 heavy (non-hydrogen) atoms. The number of hydrogen-bond donors (Lipinski definition) is 1. The van der Waals surface area contributed by atoms with Crippen molar-refractivity contribution in [3.63, 3.8) is 0 Å². The molecule has 10 heteroatoms. The van der Waals surface area contributed by atoms with Crippen molar-refractivity contribution in [1.29, 1.82) is 0 Å². The van der Waals surface area contributed by atoms with Gasteiger partial charge in [0.2, 0.25) is 0 Å². The average Bonchev–Trinajstić information content (AvgIpc) is 2.82. The maximum atomic E-state index is 12.7. The Labute approximate surface area is 216 Å². The number of ether oxygens (including phenoxy) is 1. The molecule has 1 saturated heterocycles. The highest BCUT2D eigenvalue weighted by Crippen LogP contribution is 2.41. The van der Waals surface area contributed by atoms with Gasteiger partial charge in [-0.25, -0.2) is 4.79 Å². The first-order valence-corrected chi connectivity index (χ1v) is 11.5. The van der Waals surface area contributed by atoms with Gasteiger partial charge in [0.05, 0.1) is 0 Å². The molecule has 1 N–H and O–H groups in total. The smallest absolute Gasteiger partial charge is 0.426 e. The Bertz CT molecular complexity index is 833.